The molecular formula is C19H23ClN4O. The Morgan fingerprint density at radius 2 is 2.16 bits per heavy atom. The number of amides is 1. The van der Waals surface area contributed by atoms with Crippen LogP contribution >= 0.6 is 11.6 Å². The Balaban J connectivity index is 1.69. The first kappa shape index (κ1) is 16.6. The van der Waals surface area contributed by atoms with Crippen LogP contribution in [-0.4, -0.2) is 40.2 Å². The SMILES string of the molecule is Cc1ccc(-n2ncc(C(=O)N3CCC(CN)C3)c2C2CC2)cc1Cl. The molecule has 4 rings (SSSR count). The molecule has 2 heterocycles. The van der Waals surface area contributed by atoms with Crippen molar-refractivity contribution < 1.29 is 4.79 Å². The molecule has 5 nitrogen and oxygen atoms in total. The predicted molar refractivity (Wildman–Crippen MR) is 98.4 cm³/mol. The number of aryl methyl sites for hydroxylation is 1. The molecule has 1 aliphatic heterocycles. The van der Waals surface area contributed by atoms with Gasteiger partial charge in [-0.2, -0.15) is 5.10 Å². The van der Waals surface area contributed by atoms with Crippen LogP contribution in [0.4, 0.5) is 0 Å². The van der Waals surface area contributed by atoms with Crippen LogP contribution in [0.5, 0.6) is 0 Å². The highest BCUT2D eigenvalue weighted by Gasteiger charge is 2.35. The number of rotatable bonds is 4. The van der Waals surface area contributed by atoms with Gasteiger partial charge in [0.05, 0.1) is 23.1 Å². The molecule has 1 saturated carbocycles. The lowest BCUT2D eigenvalue weighted by Gasteiger charge is -2.17. The summed E-state index contributed by atoms with van der Waals surface area (Å²) in [6, 6.07) is 5.92. The number of halogens is 1. The maximum Gasteiger partial charge on any atom is 0.257 e. The number of benzene rings is 1. The Morgan fingerprint density at radius 1 is 1.36 bits per heavy atom. The van der Waals surface area contributed by atoms with Gasteiger partial charge in [0.15, 0.2) is 0 Å². The Kier molecular flexibility index (Phi) is 4.29. The summed E-state index contributed by atoms with van der Waals surface area (Å²) in [5, 5.41) is 5.25. The summed E-state index contributed by atoms with van der Waals surface area (Å²) >= 11 is 6.29. The average molecular weight is 359 g/mol. The molecule has 1 saturated heterocycles. The molecule has 2 N–H and O–H groups in total. The van der Waals surface area contributed by atoms with Crippen molar-refractivity contribution in [2.45, 2.75) is 32.1 Å². The Hall–Kier alpha value is -1.85. The van der Waals surface area contributed by atoms with E-state index in [1.807, 2.05) is 34.7 Å². The fourth-order valence-corrected chi connectivity index (χ4v) is 3.75. The third-order valence-corrected chi connectivity index (χ3v) is 5.71. The van der Waals surface area contributed by atoms with E-state index in [0.29, 0.717) is 23.4 Å². The molecule has 0 spiro atoms. The lowest BCUT2D eigenvalue weighted by Crippen LogP contribution is -2.30. The first-order chi connectivity index (χ1) is 12.1. The standard InChI is InChI=1S/C19H23ClN4O/c1-12-2-5-15(8-17(12)20)24-18(14-3-4-14)16(10-22-24)19(25)23-7-6-13(9-21)11-23/h2,5,8,10,13-14H,3-4,6-7,9,11,21H2,1H3. The van der Waals surface area contributed by atoms with Gasteiger partial charge in [-0.15, -0.1) is 0 Å². The minimum atomic E-state index is 0.0855. The van der Waals surface area contributed by atoms with Gasteiger partial charge in [-0.3, -0.25) is 4.79 Å². The summed E-state index contributed by atoms with van der Waals surface area (Å²) in [5.74, 6) is 0.913. The lowest BCUT2D eigenvalue weighted by atomic mass is 10.1. The molecule has 1 aromatic carbocycles. The monoisotopic (exact) mass is 358 g/mol. The lowest BCUT2D eigenvalue weighted by molar-refractivity contribution is 0.0786. The predicted octanol–water partition coefficient (Wildman–Crippen LogP) is 3.13. The van der Waals surface area contributed by atoms with E-state index in [1.54, 1.807) is 6.20 Å². The van der Waals surface area contributed by atoms with Crippen LogP contribution in [-0.2, 0) is 0 Å². The van der Waals surface area contributed by atoms with E-state index in [2.05, 4.69) is 5.10 Å². The number of nitrogens with two attached hydrogens (primary N) is 1. The maximum atomic E-state index is 13.0. The molecule has 0 bridgehead atoms. The van der Waals surface area contributed by atoms with Gasteiger partial charge in [0, 0.05) is 24.0 Å². The minimum absolute atomic E-state index is 0.0855. The molecule has 1 aromatic heterocycles. The smallest absolute Gasteiger partial charge is 0.257 e. The second kappa shape index (κ2) is 6.46. The van der Waals surface area contributed by atoms with Crippen LogP contribution in [0.3, 0.4) is 0 Å². The van der Waals surface area contributed by atoms with Crippen LogP contribution in [0.2, 0.25) is 5.02 Å². The van der Waals surface area contributed by atoms with E-state index in [4.69, 9.17) is 17.3 Å². The van der Waals surface area contributed by atoms with E-state index in [1.165, 1.54) is 0 Å². The number of aromatic nitrogens is 2. The summed E-state index contributed by atoms with van der Waals surface area (Å²) in [7, 11) is 0. The number of carbonyl (C=O) groups is 1. The van der Waals surface area contributed by atoms with E-state index < -0.39 is 0 Å². The zero-order valence-corrected chi connectivity index (χ0v) is 15.2. The first-order valence-corrected chi connectivity index (χ1v) is 9.30. The second-order valence-corrected chi connectivity index (χ2v) is 7.61. The third-order valence-electron chi connectivity index (χ3n) is 5.31. The number of hydrogen-bond acceptors (Lipinski definition) is 3. The van der Waals surface area contributed by atoms with Crippen molar-refractivity contribution in [1.82, 2.24) is 14.7 Å². The highest BCUT2D eigenvalue weighted by molar-refractivity contribution is 6.31. The van der Waals surface area contributed by atoms with Crippen LogP contribution in [0.25, 0.3) is 5.69 Å². The largest absolute Gasteiger partial charge is 0.338 e. The zero-order valence-electron chi connectivity index (χ0n) is 14.4. The van der Waals surface area contributed by atoms with E-state index in [0.717, 1.165) is 54.9 Å². The fraction of sp³-hybridized carbons (Fsp3) is 0.474. The van der Waals surface area contributed by atoms with Crippen LogP contribution in [0, 0.1) is 12.8 Å². The van der Waals surface area contributed by atoms with Gasteiger partial charge in [0.1, 0.15) is 0 Å². The quantitative estimate of drug-likeness (QED) is 0.913. The van der Waals surface area contributed by atoms with Gasteiger partial charge in [0.2, 0.25) is 0 Å². The van der Waals surface area contributed by atoms with Crippen LogP contribution < -0.4 is 5.73 Å². The first-order valence-electron chi connectivity index (χ1n) is 8.92. The minimum Gasteiger partial charge on any atom is -0.338 e. The van der Waals surface area contributed by atoms with Crippen molar-refractivity contribution in [1.29, 1.82) is 0 Å². The molecule has 1 atom stereocenters. The summed E-state index contributed by atoms with van der Waals surface area (Å²) in [6.07, 6.45) is 4.93. The molecule has 0 radical (unpaired) electrons. The number of nitrogens with zero attached hydrogens (tertiary/aromatic N) is 3. The zero-order chi connectivity index (χ0) is 17.6. The summed E-state index contributed by atoms with van der Waals surface area (Å²) < 4.78 is 1.90. The van der Waals surface area contributed by atoms with E-state index in [-0.39, 0.29) is 5.91 Å². The summed E-state index contributed by atoms with van der Waals surface area (Å²) in [4.78, 5) is 15.0. The highest BCUT2D eigenvalue weighted by Crippen LogP contribution is 2.43. The van der Waals surface area contributed by atoms with Crippen molar-refractivity contribution in [2.24, 2.45) is 11.7 Å². The molecule has 2 fully saturated rings. The van der Waals surface area contributed by atoms with Crippen LogP contribution in [0.15, 0.2) is 24.4 Å². The molecule has 132 valence electrons. The Morgan fingerprint density at radius 3 is 2.80 bits per heavy atom. The summed E-state index contributed by atoms with van der Waals surface area (Å²) in [6.45, 7) is 4.15. The average Bonchev–Trinajstić information content (AvgIpc) is 3.18. The highest BCUT2D eigenvalue weighted by atomic mass is 35.5. The fourth-order valence-electron chi connectivity index (χ4n) is 3.57. The van der Waals surface area contributed by atoms with Gasteiger partial charge < -0.3 is 10.6 Å². The van der Waals surface area contributed by atoms with Crippen molar-refractivity contribution in [3.05, 3.63) is 46.2 Å². The van der Waals surface area contributed by atoms with Crippen molar-refractivity contribution in [3.63, 3.8) is 0 Å². The van der Waals surface area contributed by atoms with Crippen LogP contribution in [0.1, 0.15) is 46.8 Å². The van der Waals surface area contributed by atoms with Crippen molar-refractivity contribution in [2.75, 3.05) is 19.6 Å². The van der Waals surface area contributed by atoms with E-state index in [9.17, 15) is 4.79 Å². The topological polar surface area (TPSA) is 64.2 Å². The molecule has 6 heteroatoms. The maximum absolute atomic E-state index is 13.0. The molecule has 1 amide bonds. The molecular weight excluding hydrogens is 336 g/mol. The molecule has 1 unspecified atom stereocenters. The van der Waals surface area contributed by atoms with Crippen molar-refractivity contribution >= 4 is 17.5 Å². The number of carbonyl (C=O) groups excluding carboxylic acids is 1. The molecule has 1 aliphatic carbocycles. The van der Waals surface area contributed by atoms with Gasteiger partial charge in [-0.25, -0.2) is 4.68 Å². The van der Waals surface area contributed by atoms with Gasteiger partial charge >= 0.3 is 0 Å². The van der Waals surface area contributed by atoms with Gasteiger partial charge in [-0.05, 0) is 56.3 Å². The second-order valence-electron chi connectivity index (χ2n) is 7.20. The Labute approximate surface area is 152 Å². The van der Waals surface area contributed by atoms with Gasteiger partial charge in [0.25, 0.3) is 5.91 Å². The molecule has 2 aliphatic rings. The van der Waals surface area contributed by atoms with E-state index >= 15 is 0 Å². The Bertz CT molecular complexity index is 812. The van der Waals surface area contributed by atoms with Gasteiger partial charge in [-0.1, -0.05) is 17.7 Å². The third kappa shape index (κ3) is 3.07. The van der Waals surface area contributed by atoms with Crippen molar-refractivity contribution in [3.8, 4) is 5.69 Å². The number of hydrogen-bond donors (Lipinski definition) is 1. The molecule has 25 heavy (non-hydrogen) atoms. The normalized spacial score (nSPS) is 20.3. The summed E-state index contributed by atoms with van der Waals surface area (Å²) in [5.41, 5.74) is 9.47. The molecule has 2 aromatic rings. The number of likely N-dealkylation sites (tertiary alicyclic amines) is 1.